The van der Waals surface area contributed by atoms with Gasteiger partial charge in [0.05, 0.1) is 25.5 Å². The zero-order valence-corrected chi connectivity index (χ0v) is 17.0. The van der Waals surface area contributed by atoms with Gasteiger partial charge in [-0.1, -0.05) is 11.6 Å². The van der Waals surface area contributed by atoms with Gasteiger partial charge in [-0.25, -0.2) is 18.7 Å². The summed E-state index contributed by atoms with van der Waals surface area (Å²) in [6.07, 6.45) is 3.85. The molecule has 0 unspecified atom stereocenters. The van der Waals surface area contributed by atoms with E-state index in [0.29, 0.717) is 22.3 Å². The van der Waals surface area contributed by atoms with Crippen LogP contribution in [0.1, 0.15) is 19.8 Å². The van der Waals surface area contributed by atoms with E-state index in [4.69, 9.17) is 21.1 Å². The Morgan fingerprint density at radius 2 is 1.76 bits per heavy atom. The molecule has 0 bridgehead atoms. The minimum Gasteiger partial charge on any atom is -0.494 e. The topological polar surface area (TPSA) is 56.3 Å². The second-order valence-corrected chi connectivity index (χ2v) is 7.53. The molecule has 1 N–H and O–H groups in total. The number of hydrogen-bond donors (Lipinski definition) is 1. The number of fused-ring (bicyclic) bond motifs is 1. The van der Waals surface area contributed by atoms with E-state index in [0.717, 1.165) is 18.2 Å². The van der Waals surface area contributed by atoms with Crippen LogP contribution in [0.3, 0.4) is 0 Å². The van der Waals surface area contributed by atoms with Crippen molar-refractivity contribution in [2.45, 2.75) is 25.8 Å². The number of rotatable bonds is 6. The first kappa shape index (κ1) is 19.6. The number of nitrogens with zero attached hydrogens (tertiary/aromatic N) is 2. The number of anilines is 1. The fourth-order valence-electron chi connectivity index (χ4n) is 3.40. The van der Waals surface area contributed by atoms with Gasteiger partial charge in [0, 0.05) is 29.1 Å². The van der Waals surface area contributed by atoms with Crippen LogP contribution < -0.4 is 14.8 Å². The molecule has 1 saturated carbocycles. The number of aromatic nitrogens is 2. The van der Waals surface area contributed by atoms with Crippen molar-refractivity contribution in [1.29, 1.82) is 0 Å². The molecule has 1 aliphatic carbocycles. The average Bonchev–Trinajstić information content (AvgIpc) is 3.54. The van der Waals surface area contributed by atoms with E-state index in [9.17, 15) is 0 Å². The monoisotopic (exact) mass is 419 g/mol. The van der Waals surface area contributed by atoms with E-state index in [1.165, 1.54) is 20.3 Å². The fourth-order valence-corrected chi connectivity index (χ4v) is 3.56. The molecule has 0 saturated heterocycles. The Balaban J connectivity index is 1.94. The highest BCUT2D eigenvalue weighted by atomic mass is 35.5. The number of pyridine rings is 2. The minimum absolute atomic E-state index is 0.110. The normalized spacial score (nSPS) is 14.7. The van der Waals surface area contributed by atoms with Crippen molar-refractivity contribution in [2.75, 3.05) is 19.5 Å². The molecule has 1 aromatic carbocycles. The Kier molecular flexibility index (Phi) is 5.17. The average molecular weight is 420 g/mol. The van der Waals surface area contributed by atoms with Gasteiger partial charge in [0.2, 0.25) is 0 Å². The summed E-state index contributed by atoms with van der Waals surface area (Å²) in [5.74, 6) is -0.896. The highest BCUT2D eigenvalue weighted by molar-refractivity contribution is 6.30. The summed E-state index contributed by atoms with van der Waals surface area (Å²) in [6, 6.07) is 4.60. The standard InChI is InChI=1S/C21H20ClF2N3O2/c1-10(11-4-5-11)26-21-13-7-17(22)25-9-12(13)6-14(27-21)18-19(23)15(28-2)8-16(29-3)20(18)24/h6-11H,4-5H2,1-3H3,(H,26,27)/t10-/m0/s1. The number of benzene rings is 1. The van der Waals surface area contributed by atoms with Crippen molar-refractivity contribution < 1.29 is 18.3 Å². The van der Waals surface area contributed by atoms with E-state index < -0.39 is 11.6 Å². The highest BCUT2D eigenvalue weighted by Crippen LogP contribution is 2.40. The second-order valence-electron chi connectivity index (χ2n) is 7.14. The third-order valence-corrected chi connectivity index (χ3v) is 5.41. The first-order valence-electron chi connectivity index (χ1n) is 9.26. The number of nitrogens with one attached hydrogen (secondary N) is 1. The summed E-state index contributed by atoms with van der Waals surface area (Å²) in [4.78, 5) is 8.64. The molecule has 8 heteroatoms. The van der Waals surface area contributed by atoms with Crippen LogP contribution in [0.25, 0.3) is 22.0 Å². The molecule has 29 heavy (non-hydrogen) atoms. The van der Waals surface area contributed by atoms with Crippen LogP contribution in [0.5, 0.6) is 11.5 Å². The van der Waals surface area contributed by atoms with E-state index in [1.54, 1.807) is 18.3 Å². The number of methoxy groups -OCH3 is 2. The molecule has 4 rings (SSSR count). The van der Waals surface area contributed by atoms with Gasteiger partial charge in [0.1, 0.15) is 11.0 Å². The molecular weight excluding hydrogens is 400 g/mol. The Hall–Kier alpha value is -2.67. The first-order valence-corrected chi connectivity index (χ1v) is 9.64. The van der Waals surface area contributed by atoms with Crippen molar-refractivity contribution in [3.63, 3.8) is 0 Å². The number of halogens is 3. The van der Waals surface area contributed by atoms with Gasteiger partial charge in [0.25, 0.3) is 0 Å². The Labute approximate surface area is 172 Å². The number of hydrogen-bond acceptors (Lipinski definition) is 5. The Morgan fingerprint density at radius 3 is 2.34 bits per heavy atom. The fraction of sp³-hybridized carbons (Fsp3) is 0.333. The lowest BCUT2D eigenvalue weighted by Crippen LogP contribution is -2.18. The van der Waals surface area contributed by atoms with E-state index in [-0.39, 0.29) is 28.8 Å². The smallest absolute Gasteiger partial charge is 0.177 e. The molecule has 0 spiro atoms. The van der Waals surface area contributed by atoms with Crippen molar-refractivity contribution in [2.24, 2.45) is 5.92 Å². The van der Waals surface area contributed by atoms with Gasteiger partial charge in [-0.05, 0) is 37.8 Å². The predicted molar refractivity (Wildman–Crippen MR) is 109 cm³/mol. The van der Waals surface area contributed by atoms with Gasteiger partial charge >= 0.3 is 0 Å². The summed E-state index contributed by atoms with van der Waals surface area (Å²) < 4.78 is 40.1. The lowest BCUT2D eigenvalue weighted by molar-refractivity contribution is 0.359. The second kappa shape index (κ2) is 7.63. The molecule has 0 aliphatic heterocycles. The molecule has 1 fully saturated rings. The zero-order valence-electron chi connectivity index (χ0n) is 16.2. The van der Waals surface area contributed by atoms with Crippen LogP contribution in [0, 0.1) is 17.6 Å². The van der Waals surface area contributed by atoms with E-state index in [2.05, 4.69) is 22.2 Å². The van der Waals surface area contributed by atoms with Crippen LogP contribution >= 0.6 is 11.6 Å². The van der Waals surface area contributed by atoms with Crippen molar-refractivity contribution in [3.05, 3.63) is 41.2 Å². The van der Waals surface area contributed by atoms with Crippen LogP contribution in [0.15, 0.2) is 24.4 Å². The maximum Gasteiger partial charge on any atom is 0.177 e. The molecule has 0 amide bonds. The largest absolute Gasteiger partial charge is 0.494 e. The van der Waals surface area contributed by atoms with Crippen LogP contribution in [-0.4, -0.2) is 30.2 Å². The summed E-state index contributed by atoms with van der Waals surface area (Å²) in [5.41, 5.74) is -0.209. The van der Waals surface area contributed by atoms with Gasteiger partial charge in [-0.15, -0.1) is 0 Å². The molecule has 1 atom stereocenters. The molecule has 2 heterocycles. The zero-order chi connectivity index (χ0) is 20.7. The number of ether oxygens (including phenoxy) is 2. The molecule has 0 radical (unpaired) electrons. The maximum absolute atomic E-state index is 15.0. The van der Waals surface area contributed by atoms with E-state index in [1.807, 2.05) is 0 Å². The van der Waals surface area contributed by atoms with E-state index >= 15 is 8.78 Å². The molecule has 152 valence electrons. The van der Waals surface area contributed by atoms with Gasteiger partial charge in [0.15, 0.2) is 23.1 Å². The molecular formula is C21H20ClF2N3O2. The van der Waals surface area contributed by atoms with Crippen molar-refractivity contribution >= 4 is 28.2 Å². The lowest BCUT2D eigenvalue weighted by atomic mass is 10.1. The third-order valence-electron chi connectivity index (χ3n) is 5.20. The molecule has 5 nitrogen and oxygen atoms in total. The van der Waals surface area contributed by atoms with Gasteiger partial charge < -0.3 is 14.8 Å². The summed E-state index contributed by atoms with van der Waals surface area (Å²) in [7, 11) is 2.62. The van der Waals surface area contributed by atoms with Gasteiger partial charge in [-0.3, -0.25) is 0 Å². The molecule has 2 aromatic heterocycles. The molecule has 1 aliphatic rings. The molecule has 3 aromatic rings. The predicted octanol–water partition coefficient (Wildman–Crippen LogP) is 5.46. The summed E-state index contributed by atoms with van der Waals surface area (Å²) in [6.45, 7) is 2.07. The van der Waals surface area contributed by atoms with Crippen LogP contribution in [0.2, 0.25) is 5.15 Å². The minimum atomic E-state index is -0.847. The Morgan fingerprint density at radius 1 is 1.10 bits per heavy atom. The highest BCUT2D eigenvalue weighted by Gasteiger charge is 2.29. The van der Waals surface area contributed by atoms with Gasteiger partial charge in [-0.2, -0.15) is 0 Å². The van der Waals surface area contributed by atoms with Crippen LogP contribution in [0.4, 0.5) is 14.6 Å². The van der Waals surface area contributed by atoms with Crippen molar-refractivity contribution in [3.8, 4) is 22.8 Å². The van der Waals surface area contributed by atoms with Crippen LogP contribution in [-0.2, 0) is 0 Å². The Bertz CT molecular complexity index is 1060. The summed E-state index contributed by atoms with van der Waals surface area (Å²) >= 11 is 6.07. The maximum atomic E-state index is 15.0. The SMILES string of the molecule is COc1cc(OC)c(F)c(-c2cc3cnc(Cl)cc3c(N[C@@H](C)C3CC3)n2)c1F. The third kappa shape index (κ3) is 3.67. The quantitative estimate of drug-likeness (QED) is 0.538. The lowest BCUT2D eigenvalue weighted by Gasteiger charge is -2.18. The van der Waals surface area contributed by atoms with Crippen molar-refractivity contribution in [1.82, 2.24) is 9.97 Å². The first-order chi connectivity index (χ1) is 13.9. The summed E-state index contributed by atoms with van der Waals surface area (Å²) in [5, 5.41) is 5.08.